The molecule has 1 atom stereocenters. The highest BCUT2D eigenvalue weighted by Gasteiger charge is 2.20. The van der Waals surface area contributed by atoms with Crippen molar-refractivity contribution in [3.63, 3.8) is 0 Å². The zero-order valence-electron chi connectivity index (χ0n) is 10.5. The molecule has 1 unspecified atom stereocenters. The number of benzene rings is 1. The summed E-state index contributed by atoms with van der Waals surface area (Å²) in [6.45, 7) is 4.29. The van der Waals surface area contributed by atoms with Gasteiger partial charge in [0, 0.05) is 6.61 Å². The Kier molecular flexibility index (Phi) is 4.29. The first kappa shape index (κ1) is 14.1. The lowest BCUT2D eigenvalue weighted by atomic mass is 10.2. The quantitative estimate of drug-likeness (QED) is 0.871. The van der Waals surface area contributed by atoms with E-state index in [0.717, 1.165) is 0 Å². The number of anilines is 1. The molecule has 2 N–H and O–H groups in total. The average Bonchev–Trinajstić information content (AvgIpc) is 2.84. The standard InChI is InChI=1S/C12H13Cl2N3O2/c1-3-18-6(2)11-16-12(19-17-11)9-7(13)4-5-8(14)10(9)15/h4-6H,3,15H2,1-2H3. The lowest BCUT2D eigenvalue weighted by Crippen LogP contribution is -2.01. The highest BCUT2D eigenvalue weighted by Crippen LogP contribution is 2.37. The van der Waals surface area contributed by atoms with Crippen molar-refractivity contribution in [3.05, 3.63) is 28.0 Å². The van der Waals surface area contributed by atoms with Crippen LogP contribution in [0.2, 0.25) is 10.0 Å². The van der Waals surface area contributed by atoms with E-state index >= 15 is 0 Å². The second kappa shape index (κ2) is 5.77. The molecule has 1 heterocycles. The number of hydrogen-bond donors (Lipinski definition) is 1. The summed E-state index contributed by atoms with van der Waals surface area (Å²) in [5.41, 5.74) is 6.64. The van der Waals surface area contributed by atoms with Crippen molar-refractivity contribution < 1.29 is 9.26 Å². The van der Waals surface area contributed by atoms with Crippen LogP contribution in [0.5, 0.6) is 0 Å². The Balaban J connectivity index is 2.41. The first-order valence-electron chi connectivity index (χ1n) is 5.73. The highest BCUT2D eigenvalue weighted by molar-refractivity contribution is 6.37. The molecule has 102 valence electrons. The first-order valence-corrected chi connectivity index (χ1v) is 6.49. The molecular formula is C12H13Cl2N3O2. The Labute approximate surface area is 120 Å². The zero-order valence-corrected chi connectivity index (χ0v) is 12.0. The third kappa shape index (κ3) is 2.83. The Morgan fingerprint density at radius 1 is 1.37 bits per heavy atom. The number of ether oxygens (including phenoxy) is 1. The van der Waals surface area contributed by atoms with Crippen LogP contribution in [-0.2, 0) is 4.74 Å². The predicted molar refractivity (Wildman–Crippen MR) is 74.2 cm³/mol. The molecule has 0 aliphatic carbocycles. The second-order valence-electron chi connectivity index (χ2n) is 3.87. The number of halogens is 2. The van der Waals surface area contributed by atoms with Crippen LogP contribution in [0.4, 0.5) is 5.69 Å². The number of nitrogen functional groups attached to an aromatic ring is 1. The van der Waals surface area contributed by atoms with Crippen molar-refractivity contribution in [2.45, 2.75) is 20.0 Å². The van der Waals surface area contributed by atoms with E-state index in [4.69, 9.17) is 38.2 Å². The molecular weight excluding hydrogens is 289 g/mol. The minimum Gasteiger partial charge on any atom is -0.397 e. The topological polar surface area (TPSA) is 74.2 Å². The molecule has 0 aliphatic rings. The van der Waals surface area contributed by atoms with Crippen LogP contribution in [0.25, 0.3) is 11.5 Å². The maximum atomic E-state index is 6.09. The summed E-state index contributed by atoms with van der Waals surface area (Å²) in [7, 11) is 0. The van der Waals surface area contributed by atoms with Crippen molar-refractivity contribution in [3.8, 4) is 11.5 Å². The Morgan fingerprint density at radius 3 is 2.74 bits per heavy atom. The second-order valence-corrected chi connectivity index (χ2v) is 4.69. The fraction of sp³-hybridized carbons (Fsp3) is 0.333. The molecule has 0 bridgehead atoms. The minimum absolute atomic E-state index is 0.228. The van der Waals surface area contributed by atoms with Crippen molar-refractivity contribution >= 4 is 28.9 Å². The van der Waals surface area contributed by atoms with E-state index in [1.165, 1.54) is 0 Å². The normalized spacial score (nSPS) is 12.6. The van der Waals surface area contributed by atoms with Crippen LogP contribution in [0, 0.1) is 0 Å². The van der Waals surface area contributed by atoms with E-state index in [1.54, 1.807) is 12.1 Å². The summed E-state index contributed by atoms with van der Waals surface area (Å²) >= 11 is 12.0. The lowest BCUT2D eigenvalue weighted by Gasteiger charge is -2.06. The van der Waals surface area contributed by atoms with Crippen LogP contribution in [0.15, 0.2) is 16.7 Å². The van der Waals surface area contributed by atoms with Gasteiger partial charge in [0.1, 0.15) is 6.10 Å². The van der Waals surface area contributed by atoms with Gasteiger partial charge in [0.25, 0.3) is 5.89 Å². The van der Waals surface area contributed by atoms with Crippen molar-refractivity contribution in [2.24, 2.45) is 0 Å². The molecule has 5 nitrogen and oxygen atoms in total. The summed E-state index contributed by atoms with van der Waals surface area (Å²) < 4.78 is 10.6. The third-order valence-corrected chi connectivity index (χ3v) is 3.22. The summed E-state index contributed by atoms with van der Waals surface area (Å²) in [5, 5.41) is 4.64. The molecule has 19 heavy (non-hydrogen) atoms. The maximum absolute atomic E-state index is 6.09. The average molecular weight is 302 g/mol. The molecule has 0 saturated carbocycles. The van der Waals surface area contributed by atoms with Gasteiger partial charge in [0.05, 0.1) is 21.3 Å². The van der Waals surface area contributed by atoms with Gasteiger partial charge >= 0.3 is 0 Å². The predicted octanol–water partition coefficient (Wildman–Crippen LogP) is 3.72. The van der Waals surface area contributed by atoms with Crippen LogP contribution in [-0.4, -0.2) is 16.7 Å². The summed E-state index contributed by atoms with van der Waals surface area (Å²) in [4.78, 5) is 4.24. The van der Waals surface area contributed by atoms with Gasteiger partial charge < -0.3 is 15.0 Å². The molecule has 0 aliphatic heterocycles. The van der Waals surface area contributed by atoms with Crippen LogP contribution >= 0.6 is 23.2 Å². The molecule has 2 aromatic rings. The van der Waals surface area contributed by atoms with Gasteiger partial charge in [-0.25, -0.2) is 0 Å². The van der Waals surface area contributed by atoms with Gasteiger partial charge in [0.2, 0.25) is 5.82 Å². The van der Waals surface area contributed by atoms with Gasteiger partial charge in [-0.15, -0.1) is 0 Å². The largest absolute Gasteiger partial charge is 0.397 e. The first-order chi connectivity index (χ1) is 9.04. The SMILES string of the molecule is CCOC(C)c1noc(-c2c(Cl)ccc(Cl)c2N)n1. The summed E-state index contributed by atoms with van der Waals surface area (Å²) in [6, 6.07) is 3.24. The summed E-state index contributed by atoms with van der Waals surface area (Å²) in [6.07, 6.45) is -0.262. The number of rotatable bonds is 4. The zero-order chi connectivity index (χ0) is 14.0. The Morgan fingerprint density at radius 2 is 2.05 bits per heavy atom. The monoisotopic (exact) mass is 301 g/mol. The Bertz CT molecular complexity index is 586. The van der Waals surface area contributed by atoms with Crippen LogP contribution in [0.1, 0.15) is 25.8 Å². The molecule has 0 spiro atoms. The molecule has 1 aromatic carbocycles. The third-order valence-electron chi connectivity index (χ3n) is 2.58. The minimum atomic E-state index is -0.262. The molecule has 0 saturated heterocycles. The molecule has 0 radical (unpaired) electrons. The number of aromatic nitrogens is 2. The number of hydrogen-bond acceptors (Lipinski definition) is 5. The van der Waals surface area contributed by atoms with E-state index in [9.17, 15) is 0 Å². The lowest BCUT2D eigenvalue weighted by molar-refractivity contribution is 0.0683. The van der Waals surface area contributed by atoms with E-state index in [-0.39, 0.29) is 12.0 Å². The fourth-order valence-corrected chi connectivity index (χ4v) is 2.01. The van der Waals surface area contributed by atoms with Gasteiger partial charge in [-0.2, -0.15) is 4.98 Å². The number of nitrogens with two attached hydrogens (primary N) is 1. The van der Waals surface area contributed by atoms with Crippen LogP contribution in [0.3, 0.4) is 0 Å². The fourth-order valence-electron chi connectivity index (χ4n) is 1.61. The number of nitrogens with zero attached hydrogens (tertiary/aromatic N) is 2. The van der Waals surface area contributed by atoms with Gasteiger partial charge in [-0.05, 0) is 26.0 Å². The maximum Gasteiger partial charge on any atom is 0.261 e. The summed E-state index contributed by atoms with van der Waals surface area (Å²) in [5.74, 6) is 0.666. The smallest absolute Gasteiger partial charge is 0.261 e. The molecule has 2 rings (SSSR count). The van der Waals surface area contributed by atoms with Gasteiger partial charge in [-0.1, -0.05) is 28.4 Å². The molecule has 1 aromatic heterocycles. The molecule has 7 heteroatoms. The van der Waals surface area contributed by atoms with Crippen molar-refractivity contribution in [1.82, 2.24) is 10.1 Å². The van der Waals surface area contributed by atoms with Gasteiger partial charge in [0.15, 0.2) is 0 Å². The van der Waals surface area contributed by atoms with Crippen LogP contribution < -0.4 is 5.73 Å². The Hall–Kier alpha value is -1.30. The van der Waals surface area contributed by atoms with Crippen molar-refractivity contribution in [1.29, 1.82) is 0 Å². The highest BCUT2D eigenvalue weighted by atomic mass is 35.5. The van der Waals surface area contributed by atoms with Gasteiger partial charge in [-0.3, -0.25) is 0 Å². The van der Waals surface area contributed by atoms with E-state index in [0.29, 0.717) is 33.7 Å². The van der Waals surface area contributed by atoms with E-state index < -0.39 is 0 Å². The van der Waals surface area contributed by atoms with E-state index in [2.05, 4.69) is 10.1 Å². The molecule has 0 fully saturated rings. The van der Waals surface area contributed by atoms with E-state index in [1.807, 2.05) is 13.8 Å². The van der Waals surface area contributed by atoms with Crippen molar-refractivity contribution in [2.75, 3.05) is 12.3 Å². The molecule has 0 amide bonds.